The van der Waals surface area contributed by atoms with Crippen LogP contribution in [-0.2, 0) is 16.0 Å². The van der Waals surface area contributed by atoms with E-state index in [9.17, 15) is 9.18 Å². The number of hydrogen-bond donors (Lipinski definition) is 0. The van der Waals surface area contributed by atoms with Crippen LogP contribution in [0.1, 0.15) is 62.6 Å². The molecule has 2 aliphatic rings. The molecule has 7 heteroatoms. The van der Waals surface area contributed by atoms with Gasteiger partial charge in [-0.15, -0.1) is 0 Å². The number of carbonyl (C=O) groups is 1. The largest absolute Gasteiger partial charge is 0.467 e. The molecule has 0 N–H and O–H groups in total. The van der Waals surface area contributed by atoms with Crippen LogP contribution in [0, 0.1) is 17.7 Å². The molecule has 1 heterocycles. The van der Waals surface area contributed by atoms with E-state index < -0.39 is 5.54 Å². The van der Waals surface area contributed by atoms with Crippen molar-refractivity contribution in [2.24, 2.45) is 16.8 Å². The maximum Gasteiger partial charge on any atom is 0.336 e. The van der Waals surface area contributed by atoms with Crippen LogP contribution in [0.25, 0.3) is 0 Å². The Morgan fingerprint density at radius 1 is 1.18 bits per heavy atom. The number of esters is 1. The van der Waals surface area contributed by atoms with Crippen molar-refractivity contribution in [1.82, 2.24) is 9.80 Å². The summed E-state index contributed by atoms with van der Waals surface area (Å²) in [5.41, 5.74) is 1.06. The monoisotopic (exact) mass is 541 g/mol. The number of carbonyl (C=O) groups excluding carboxylic acids is 1. The van der Waals surface area contributed by atoms with Crippen molar-refractivity contribution in [2.45, 2.75) is 69.5 Å². The second kappa shape index (κ2) is 12.6. The normalized spacial score (nSPS) is 26.1. The molecule has 1 aliphatic heterocycles. The van der Waals surface area contributed by atoms with Gasteiger partial charge in [0.05, 0.1) is 19.5 Å². The predicted molar refractivity (Wildman–Crippen MR) is 152 cm³/mol. The number of methoxy groups -OCH3 is 1. The van der Waals surface area contributed by atoms with Gasteiger partial charge in [0.1, 0.15) is 5.82 Å². The van der Waals surface area contributed by atoms with Gasteiger partial charge >= 0.3 is 5.97 Å². The molecular weight excluding hydrogens is 501 g/mol. The molecule has 1 fully saturated rings. The number of nitrogens with zero attached hydrogens (tertiary/aromatic N) is 3. The number of rotatable bonds is 10. The Balaban J connectivity index is 1.60. The fourth-order valence-corrected chi connectivity index (χ4v) is 6.87. The van der Waals surface area contributed by atoms with Crippen LogP contribution in [0.2, 0.25) is 5.02 Å². The zero-order valence-electron chi connectivity index (χ0n) is 23.1. The van der Waals surface area contributed by atoms with Gasteiger partial charge in [-0.3, -0.25) is 4.99 Å². The molecule has 4 rings (SSSR count). The highest BCUT2D eigenvalue weighted by molar-refractivity contribution is 6.30. The number of aliphatic imine (C=N–C) groups is 1. The molecule has 0 bridgehead atoms. The number of ether oxygens (including phenoxy) is 1. The number of hydrogen-bond acceptors (Lipinski definition) is 5. The van der Waals surface area contributed by atoms with Crippen LogP contribution in [0.3, 0.4) is 0 Å². The molecule has 0 aromatic heterocycles. The van der Waals surface area contributed by atoms with Gasteiger partial charge in [0.25, 0.3) is 0 Å². The Morgan fingerprint density at radius 2 is 1.89 bits per heavy atom. The van der Waals surface area contributed by atoms with Crippen LogP contribution in [-0.4, -0.2) is 61.4 Å². The first-order valence-electron chi connectivity index (χ1n) is 13.8. The zero-order valence-corrected chi connectivity index (χ0v) is 23.8. The highest BCUT2D eigenvalue weighted by atomic mass is 35.5. The van der Waals surface area contributed by atoms with Crippen molar-refractivity contribution in [3.63, 3.8) is 0 Å². The molecule has 5 nitrogen and oxygen atoms in total. The number of halogens is 2. The van der Waals surface area contributed by atoms with E-state index in [1.54, 1.807) is 12.1 Å². The Kier molecular flexibility index (Phi) is 9.48. The molecule has 1 aliphatic carbocycles. The van der Waals surface area contributed by atoms with Gasteiger partial charge in [-0.2, -0.15) is 0 Å². The van der Waals surface area contributed by atoms with Crippen molar-refractivity contribution in [3.8, 4) is 0 Å². The van der Waals surface area contributed by atoms with Crippen LogP contribution < -0.4 is 0 Å². The fraction of sp³-hybridized carbons (Fsp3) is 0.548. The van der Waals surface area contributed by atoms with Gasteiger partial charge in [-0.05, 0) is 93.4 Å². The summed E-state index contributed by atoms with van der Waals surface area (Å²) >= 11 is 6.14. The van der Waals surface area contributed by atoms with Crippen molar-refractivity contribution in [1.29, 1.82) is 0 Å². The van der Waals surface area contributed by atoms with Crippen LogP contribution in [0.4, 0.5) is 4.39 Å². The smallest absolute Gasteiger partial charge is 0.336 e. The summed E-state index contributed by atoms with van der Waals surface area (Å²) in [7, 11) is 5.62. The molecule has 0 amide bonds. The van der Waals surface area contributed by atoms with Gasteiger partial charge in [-0.1, -0.05) is 49.2 Å². The quantitative estimate of drug-likeness (QED) is 0.320. The number of benzene rings is 2. The maximum atomic E-state index is 14.1. The summed E-state index contributed by atoms with van der Waals surface area (Å²) in [6.45, 7) is 3.05. The molecule has 3 atom stereocenters. The fourth-order valence-electron chi connectivity index (χ4n) is 6.74. The lowest BCUT2D eigenvalue weighted by Gasteiger charge is -2.44. The highest BCUT2D eigenvalue weighted by Crippen LogP contribution is 2.45. The van der Waals surface area contributed by atoms with Gasteiger partial charge in [0, 0.05) is 24.0 Å². The Morgan fingerprint density at radius 3 is 2.50 bits per heavy atom. The van der Waals surface area contributed by atoms with E-state index in [1.165, 1.54) is 13.2 Å². The van der Waals surface area contributed by atoms with Crippen LogP contribution in [0.5, 0.6) is 0 Å². The topological polar surface area (TPSA) is 45.1 Å². The predicted octanol–water partition coefficient (Wildman–Crippen LogP) is 6.56. The molecule has 1 saturated carbocycles. The van der Waals surface area contributed by atoms with Gasteiger partial charge in [0.15, 0.2) is 5.54 Å². The van der Waals surface area contributed by atoms with E-state index in [0.717, 1.165) is 56.2 Å². The molecule has 3 unspecified atom stereocenters. The van der Waals surface area contributed by atoms with Gasteiger partial charge in [0.2, 0.25) is 0 Å². The third-order valence-electron chi connectivity index (χ3n) is 8.43. The van der Waals surface area contributed by atoms with Crippen LogP contribution in [0.15, 0.2) is 53.5 Å². The first kappa shape index (κ1) is 28.6. The third kappa shape index (κ3) is 6.07. The SMILES string of the molecule is CCCCN1C=NC(Cc2ccc(Cl)cc2)(C(=O)OC)C1C1CCC(C(c2cccc(F)c2)N(C)C)CC1. The minimum absolute atomic E-state index is 0.0647. The van der Waals surface area contributed by atoms with Crippen molar-refractivity contribution in [3.05, 3.63) is 70.5 Å². The van der Waals surface area contributed by atoms with E-state index >= 15 is 0 Å². The summed E-state index contributed by atoms with van der Waals surface area (Å²) in [5.74, 6) is 0.245. The average molecular weight is 542 g/mol. The summed E-state index contributed by atoms with van der Waals surface area (Å²) in [6, 6.07) is 14.8. The molecule has 2 aromatic rings. The molecular formula is C31H41ClFN3O2. The first-order valence-corrected chi connectivity index (χ1v) is 14.2. The average Bonchev–Trinajstić information content (AvgIpc) is 3.27. The van der Waals surface area contributed by atoms with Crippen molar-refractivity contribution < 1.29 is 13.9 Å². The third-order valence-corrected chi connectivity index (χ3v) is 8.69. The second-order valence-corrected chi connectivity index (χ2v) is 11.6. The standard InChI is InChI=1S/C31H41ClFN3O2/c1-5-6-18-36-21-34-31(30(37)38-4,20-22-10-16-26(32)17-11-22)29(36)24-14-12-23(13-15-24)28(35(2)3)25-8-7-9-27(33)19-25/h7-11,16-17,19,21,23-24,28-29H,5-6,12-15,18,20H2,1-4H3. The highest BCUT2D eigenvalue weighted by Gasteiger charge is 2.55. The van der Waals surface area contributed by atoms with E-state index in [4.69, 9.17) is 21.3 Å². The van der Waals surface area contributed by atoms with Crippen molar-refractivity contribution in [2.75, 3.05) is 27.7 Å². The lowest BCUT2D eigenvalue weighted by molar-refractivity contribution is -0.149. The molecule has 38 heavy (non-hydrogen) atoms. The summed E-state index contributed by atoms with van der Waals surface area (Å²) in [5, 5.41) is 0.670. The van der Waals surface area contributed by atoms with E-state index in [-0.39, 0.29) is 23.9 Å². The molecule has 206 valence electrons. The Labute approximate surface area is 232 Å². The van der Waals surface area contributed by atoms with Crippen molar-refractivity contribution >= 4 is 23.9 Å². The Hall–Kier alpha value is -2.44. The summed E-state index contributed by atoms with van der Waals surface area (Å²) in [6.07, 6.45) is 8.49. The van der Waals surface area contributed by atoms with Crippen LogP contribution >= 0.6 is 11.6 Å². The van der Waals surface area contributed by atoms with Gasteiger partial charge in [-0.25, -0.2) is 9.18 Å². The number of unbranched alkanes of at least 4 members (excludes halogenated alkanes) is 1. The minimum Gasteiger partial charge on any atom is -0.467 e. The molecule has 2 aromatic carbocycles. The molecule has 0 radical (unpaired) electrons. The zero-order chi connectivity index (χ0) is 27.3. The van der Waals surface area contributed by atoms with E-state index in [0.29, 0.717) is 23.3 Å². The maximum absolute atomic E-state index is 14.1. The lowest BCUT2D eigenvalue weighted by Crippen LogP contribution is -2.57. The summed E-state index contributed by atoms with van der Waals surface area (Å²) in [4.78, 5) is 23.0. The summed E-state index contributed by atoms with van der Waals surface area (Å²) < 4.78 is 19.5. The minimum atomic E-state index is -0.989. The first-order chi connectivity index (χ1) is 18.3. The molecule has 0 spiro atoms. The van der Waals surface area contributed by atoms with Gasteiger partial charge < -0.3 is 14.5 Å². The lowest BCUT2D eigenvalue weighted by atomic mass is 9.68. The Bertz CT molecular complexity index is 1100. The molecule has 0 saturated heterocycles. The second-order valence-electron chi connectivity index (χ2n) is 11.1. The van der Waals surface area contributed by atoms with E-state index in [2.05, 4.69) is 30.8 Å². The van der Waals surface area contributed by atoms with E-state index in [1.807, 2.05) is 36.7 Å².